The Morgan fingerprint density at radius 1 is 1.59 bits per heavy atom. The van der Waals surface area contributed by atoms with Crippen molar-refractivity contribution in [3.8, 4) is 0 Å². The third kappa shape index (κ3) is 4.48. The molecule has 0 aliphatic carbocycles. The number of benzene rings is 1. The second kappa shape index (κ2) is 6.77. The van der Waals surface area contributed by atoms with Gasteiger partial charge in [-0.15, -0.1) is 0 Å². The zero-order valence-electron chi connectivity index (χ0n) is 10.00. The van der Waals surface area contributed by atoms with Gasteiger partial charge in [-0.1, -0.05) is 11.6 Å². The van der Waals surface area contributed by atoms with Crippen molar-refractivity contribution in [2.75, 3.05) is 17.7 Å². The topological polar surface area (TPSA) is 55.1 Å². The van der Waals surface area contributed by atoms with Crippen LogP contribution in [0.25, 0.3) is 0 Å². The number of hydrogen-bond acceptors (Lipinski definition) is 3. The largest absolute Gasteiger partial charge is 0.398 e. The molecule has 1 aromatic rings. The predicted molar refractivity (Wildman–Crippen MR) is 75.8 cm³/mol. The third-order valence-corrected chi connectivity index (χ3v) is 3.38. The maximum Gasteiger partial charge on any atom is 0.251 e. The van der Waals surface area contributed by atoms with E-state index in [1.54, 1.807) is 30.0 Å². The van der Waals surface area contributed by atoms with Gasteiger partial charge in [-0.3, -0.25) is 4.79 Å². The lowest BCUT2D eigenvalue weighted by molar-refractivity contribution is 0.0939. The van der Waals surface area contributed by atoms with E-state index in [0.29, 0.717) is 16.3 Å². The number of rotatable bonds is 5. The lowest BCUT2D eigenvalue weighted by Crippen LogP contribution is -2.32. The molecule has 1 rings (SSSR count). The molecule has 17 heavy (non-hydrogen) atoms. The van der Waals surface area contributed by atoms with Crippen LogP contribution < -0.4 is 11.1 Å². The van der Waals surface area contributed by atoms with Crippen molar-refractivity contribution in [1.82, 2.24) is 5.32 Å². The van der Waals surface area contributed by atoms with Crippen LogP contribution in [0, 0.1) is 0 Å². The molecule has 94 valence electrons. The number of anilines is 1. The smallest absolute Gasteiger partial charge is 0.251 e. The van der Waals surface area contributed by atoms with Gasteiger partial charge in [0.2, 0.25) is 0 Å². The van der Waals surface area contributed by atoms with Crippen LogP contribution in [0.1, 0.15) is 23.7 Å². The van der Waals surface area contributed by atoms with Crippen LogP contribution in [0.2, 0.25) is 5.02 Å². The summed E-state index contributed by atoms with van der Waals surface area (Å²) >= 11 is 7.57. The number of carbonyl (C=O) groups excluding carboxylic acids is 1. The van der Waals surface area contributed by atoms with Gasteiger partial charge in [-0.05, 0) is 43.6 Å². The first-order valence-corrected chi connectivity index (χ1v) is 7.16. The molecule has 1 atom stereocenters. The highest BCUT2D eigenvalue weighted by molar-refractivity contribution is 7.98. The molecule has 0 saturated heterocycles. The number of thioether (sulfide) groups is 1. The number of hydrogen-bond donors (Lipinski definition) is 2. The van der Waals surface area contributed by atoms with E-state index >= 15 is 0 Å². The maximum absolute atomic E-state index is 11.9. The Morgan fingerprint density at radius 3 is 2.88 bits per heavy atom. The first-order valence-electron chi connectivity index (χ1n) is 5.39. The first kappa shape index (κ1) is 14.2. The molecule has 3 nitrogen and oxygen atoms in total. The number of nitrogen functional groups attached to an aromatic ring is 1. The minimum absolute atomic E-state index is 0.109. The molecular formula is C12H17ClN2OS. The van der Waals surface area contributed by atoms with Crippen molar-refractivity contribution in [2.45, 2.75) is 19.4 Å². The van der Waals surface area contributed by atoms with Crippen molar-refractivity contribution < 1.29 is 4.79 Å². The molecule has 0 radical (unpaired) electrons. The fraction of sp³-hybridized carbons (Fsp3) is 0.417. The highest BCUT2D eigenvalue weighted by Gasteiger charge is 2.10. The molecule has 0 aliphatic rings. The van der Waals surface area contributed by atoms with Crippen LogP contribution in [0.5, 0.6) is 0 Å². The standard InChI is InChI=1S/C12H17ClN2OS/c1-8(5-6-17-2)15-12(16)9-3-4-10(13)11(14)7-9/h3-4,7-8H,5-6,14H2,1-2H3,(H,15,16). The summed E-state index contributed by atoms with van der Waals surface area (Å²) in [7, 11) is 0. The minimum Gasteiger partial charge on any atom is -0.398 e. The van der Waals surface area contributed by atoms with Gasteiger partial charge >= 0.3 is 0 Å². The highest BCUT2D eigenvalue weighted by Crippen LogP contribution is 2.19. The number of halogens is 1. The molecule has 1 amide bonds. The number of nitrogens with one attached hydrogen (secondary N) is 1. The minimum atomic E-state index is -0.109. The zero-order chi connectivity index (χ0) is 12.8. The molecule has 0 saturated carbocycles. The fourth-order valence-corrected chi connectivity index (χ4v) is 2.07. The van der Waals surface area contributed by atoms with E-state index in [4.69, 9.17) is 17.3 Å². The van der Waals surface area contributed by atoms with E-state index in [1.165, 1.54) is 0 Å². The Labute approximate surface area is 111 Å². The summed E-state index contributed by atoms with van der Waals surface area (Å²) in [6.07, 6.45) is 3.00. The Kier molecular flexibility index (Phi) is 5.65. The molecule has 0 aromatic heterocycles. The summed E-state index contributed by atoms with van der Waals surface area (Å²) < 4.78 is 0. The monoisotopic (exact) mass is 272 g/mol. The van der Waals surface area contributed by atoms with E-state index in [2.05, 4.69) is 11.6 Å². The van der Waals surface area contributed by atoms with Gasteiger partial charge in [0.1, 0.15) is 0 Å². The SMILES string of the molecule is CSCCC(C)NC(=O)c1ccc(Cl)c(N)c1. The van der Waals surface area contributed by atoms with Gasteiger partial charge in [0.15, 0.2) is 0 Å². The molecule has 1 unspecified atom stereocenters. The van der Waals surface area contributed by atoms with Crippen LogP contribution in [0.4, 0.5) is 5.69 Å². The van der Waals surface area contributed by atoms with E-state index < -0.39 is 0 Å². The average molecular weight is 273 g/mol. The van der Waals surface area contributed by atoms with Crippen LogP contribution in [0.3, 0.4) is 0 Å². The molecule has 0 heterocycles. The van der Waals surface area contributed by atoms with Crippen LogP contribution in [0.15, 0.2) is 18.2 Å². The molecule has 0 fully saturated rings. The zero-order valence-corrected chi connectivity index (χ0v) is 11.6. The predicted octanol–water partition coefficient (Wildman–Crippen LogP) is 2.79. The average Bonchev–Trinajstić information content (AvgIpc) is 2.30. The molecular weight excluding hydrogens is 256 g/mol. The summed E-state index contributed by atoms with van der Waals surface area (Å²) in [4.78, 5) is 11.9. The first-order chi connectivity index (χ1) is 8.04. The summed E-state index contributed by atoms with van der Waals surface area (Å²) in [5.41, 5.74) is 6.63. The van der Waals surface area contributed by atoms with Crippen molar-refractivity contribution >= 4 is 35.0 Å². The second-order valence-corrected chi connectivity index (χ2v) is 5.29. The Bertz CT molecular complexity index is 398. The number of amides is 1. The van der Waals surface area contributed by atoms with Crippen molar-refractivity contribution in [2.24, 2.45) is 0 Å². The lowest BCUT2D eigenvalue weighted by Gasteiger charge is -2.13. The van der Waals surface area contributed by atoms with Crippen molar-refractivity contribution in [3.05, 3.63) is 28.8 Å². The van der Waals surface area contributed by atoms with Crippen LogP contribution >= 0.6 is 23.4 Å². The van der Waals surface area contributed by atoms with E-state index in [9.17, 15) is 4.79 Å². The molecule has 3 N–H and O–H groups in total. The Hall–Kier alpha value is -0.870. The van der Waals surface area contributed by atoms with Crippen molar-refractivity contribution in [3.63, 3.8) is 0 Å². The normalized spacial score (nSPS) is 12.2. The van der Waals surface area contributed by atoms with Crippen LogP contribution in [-0.2, 0) is 0 Å². The molecule has 1 aromatic carbocycles. The molecule has 5 heteroatoms. The Morgan fingerprint density at radius 2 is 2.29 bits per heavy atom. The van der Waals surface area contributed by atoms with Gasteiger partial charge in [-0.2, -0.15) is 11.8 Å². The second-order valence-electron chi connectivity index (χ2n) is 3.89. The highest BCUT2D eigenvalue weighted by atomic mass is 35.5. The third-order valence-electron chi connectivity index (χ3n) is 2.39. The quantitative estimate of drug-likeness (QED) is 0.811. The van der Waals surface area contributed by atoms with E-state index in [1.807, 2.05) is 6.92 Å². The summed E-state index contributed by atoms with van der Waals surface area (Å²) in [5.74, 6) is 0.923. The molecule has 0 bridgehead atoms. The van der Waals surface area contributed by atoms with Crippen molar-refractivity contribution in [1.29, 1.82) is 0 Å². The summed E-state index contributed by atoms with van der Waals surface area (Å²) in [5, 5.41) is 3.40. The van der Waals surface area contributed by atoms with Gasteiger partial charge in [0.05, 0.1) is 10.7 Å². The lowest BCUT2D eigenvalue weighted by atomic mass is 10.1. The molecule has 0 aliphatic heterocycles. The fourth-order valence-electron chi connectivity index (χ4n) is 1.36. The maximum atomic E-state index is 11.9. The van der Waals surface area contributed by atoms with Crippen LogP contribution in [-0.4, -0.2) is 24.0 Å². The van der Waals surface area contributed by atoms with Gasteiger partial charge in [-0.25, -0.2) is 0 Å². The Balaban J connectivity index is 2.60. The van der Waals surface area contributed by atoms with Gasteiger partial charge in [0, 0.05) is 11.6 Å². The summed E-state index contributed by atoms with van der Waals surface area (Å²) in [6.45, 7) is 1.99. The number of nitrogens with two attached hydrogens (primary N) is 1. The summed E-state index contributed by atoms with van der Waals surface area (Å²) in [6, 6.07) is 5.07. The van der Waals surface area contributed by atoms with E-state index in [-0.39, 0.29) is 11.9 Å². The number of carbonyl (C=O) groups is 1. The van der Waals surface area contributed by atoms with Gasteiger partial charge < -0.3 is 11.1 Å². The molecule has 0 spiro atoms. The van der Waals surface area contributed by atoms with E-state index in [0.717, 1.165) is 12.2 Å². The van der Waals surface area contributed by atoms with Gasteiger partial charge in [0.25, 0.3) is 5.91 Å².